The molecule has 0 saturated heterocycles. The van der Waals surface area contributed by atoms with Crippen LogP contribution >= 0.6 is 0 Å². The zero-order valence-corrected chi connectivity index (χ0v) is 32.2. The van der Waals surface area contributed by atoms with E-state index in [2.05, 4.69) is 140 Å². The Balaban J connectivity index is 1.01. The summed E-state index contributed by atoms with van der Waals surface area (Å²) >= 11 is 0. The van der Waals surface area contributed by atoms with Crippen LogP contribution in [0.2, 0.25) is 0 Å². The van der Waals surface area contributed by atoms with Crippen LogP contribution in [0.1, 0.15) is 0 Å². The molecule has 60 heavy (non-hydrogen) atoms. The minimum Gasteiger partial charge on any atom is -0.456 e. The van der Waals surface area contributed by atoms with Gasteiger partial charge in [0.05, 0.1) is 17.1 Å². The molecule has 3 aromatic heterocycles. The summed E-state index contributed by atoms with van der Waals surface area (Å²) in [7, 11) is 0. The Hall–Kier alpha value is -8.22. The maximum absolute atomic E-state index is 6.34. The lowest BCUT2D eigenvalue weighted by molar-refractivity contribution is 0.669. The number of nitrogens with zero attached hydrogens (tertiary/aromatic N) is 5. The summed E-state index contributed by atoms with van der Waals surface area (Å²) < 4.78 is 6.34. The molecule has 3 heterocycles. The fourth-order valence-electron chi connectivity index (χ4n) is 8.47. The first-order valence-electron chi connectivity index (χ1n) is 20.0. The molecule has 0 N–H and O–H groups in total. The van der Waals surface area contributed by atoms with Gasteiger partial charge in [-0.2, -0.15) is 4.80 Å². The Bertz CT molecular complexity index is 3610. The van der Waals surface area contributed by atoms with E-state index in [-0.39, 0.29) is 0 Å². The van der Waals surface area contributed by atoms with Crippen LogP contribution in [0.3, 0.4) is 0 Å². The largest absolute Gasteiger partial charge is 0.456 e. The molecule has 0 amide bonds. The number of rotatable bonds is 6. The van der Waals surface area contributed by atoms with Crippen LogP contribution in [-0.2, 0) is 0 Å². The zero-order valence-electron chi connectivity index (χ0n) is 32.2. The molecule has 0 saturated carbocycles. The van der Waals surface area contributed by atoms with E-state index in [0.29, 0.717) is 5.82 Å². The second-order valence-corrected chi connectivity index (χ2v) is 15.2. The molecule has 0 unspecified atom stereocenters. The number of fused-ring (bicyclic) bond motifs is 8. The van der Waals surface area contributed by atoms with Gasteiger partial charge in [-0.05, 0) is 99.1 Å². The molecule has 9 aromatic carbocycles. The third-order valence-corrected chi connectivity index (χ3v) is 11.5. The highest BCUT2D eigenvalue weighted by Crippen LogP contribution is 2.37. The lowest BCUT2D eigenvalue weighted by Crippen LogP contribution is -1.97. The molecule has 280 valence electrons. The number of hydrogen-bond donors (Lipinski definition) is 0. The smallest absolute Gasteiger partial charge is 0.160 e. The first-order chi connectivity index (χ1) is 29.7. The maximum Gasteiger partial charge on any atom is 0.160 e. The van der Waals surface area contributed by atoms with Gasteiger partial charge >= 0.3 is 0 Å². The van der Waals surface area contributed by atoms with Gasteiger partial charge < -0.3 is 4.42 Å². The Morgan fingerprint density at radius 3 is 1.77 bits per heavy atom. The van der Waals surface area contributed by atoms with Gasteiger partial charge in [0.2, 0.25) is 0 Å². The molecule has 0 bridgehead atoms. The number of hydrogen-bond acceptors (Lipinski definition) is 5. The van der Waals surface area contributed by atoms with Crippen LogP contribution in [0.5, 0.6) is 0 Å². The highest BCUT2D eigenvalue weighted by Gasteiger charge is 2.16. The topological polar surface area (TPSA) is 69.6 Å². The lowest BCUT2D eigenvalue weighted by Gasteiger charge is -2.12. The summed E-state index contributed by atoms with van der Waals surface area (Å²) in [5.74, 6) is 0.645. The highest BCUT2D eigenvalue weighted by atomic mass is 16.3. The minimum absolute atomic E-state index is 0.645. The van der Waals surface area contributed by atoms with Crippen LogP contribution in [-0.4, -0.2) is 25.0 Å². The average Bonchev–Trinajstić information content (AvgIpc) is 3.94. The SMILES string of the molecule is c1ccc(-c2cccc(-c3cccc(-c4nc(-c5ccc6c(ccc7ccc8nn(-c9ccccc9)nc8c76)c5)cc(-c5ccc6c(c5)oc5ccccc56)n4)c3)c2)cc1. The number of para-hydroxylation sites is 2. The first kappa shape index (κ1) is 33.9. The van der Waals surface area contributed by atoms with Crippen molar-refractivity contribution >= 4 is 54.5 Å². The summed E-state index contributed by atoms with van der Waals surface area (Å²) in [6.07, 6.45) is 0. The second-order valence-electron chi connectivity index (χ2n) is 15.2. The molecule has 6 nitrogen and oxygen atoms in total. The van der Waals surface area contributed by atoms with E-state index in [9.17, 15) is 0 Å². The molecule has 0 fully saturated rings. The standard InChI is InChI=1S/C54H33N5O/c1-3-11-34(12-4-1)36-13-9-14-37(29-36)38-15-10-16-42(30-38)54-55-48(33-49(56-54)41-24-27-46-45-19-7-8-20-50(45)60-51(46)32-41)40-23-26-44-39(31-40)22-21-35-25-28-47-53(52(35)44)58-59(57-47)43-17-5-2-6-18-43/h1-33H. The molecule has 0 aliphatic carbocycles. The van der Waals surface area contributed by atoms with E-state index >= 15 is 0 Å². The lowest BCUT2D eigenvalue weighted by atomic mass is 9.97. The highest BCUT2D eigenvalue weighted by molar-refractivity contribution is 6.18. The van der Waals surface area contributed by atoms with Crippen molar-refractivity contribution in [1.82, 2.24) is 25.0 Å². The van der Waals surface area contributed by atoms with Crippen molar-refractivity contribution in [3.63, 3.8) is 0 Å². The minimum atomic E-state index is 0.645. The summed E-state index contributed by atoms with van der Waals surface area (Å²) in [6.45, 7) is 0. The van der Waals surface area contributed by atoms with E-state index in [1.165, 1.54) is 11.1 Å². The molecule has 12 rings (SSSR count). The van der Waals surface area contributed by atoms with E-state index in [1.807, 2.05) is 60.7 Å². The van der Waals surface area contributed by atoms with Crippen molar-refractivity contribution in [2.45, 2.75) is 0 Å². The molecule has 6 heteroatoms. The van der Waals surface area contributed by atoms with Crippen LogP contribution in [0.25, 0.3) is 116 Å². The van der Waals surface area contributed by atoms with Crippen LogP contribution < -0.4 is 0 Å². The zero-order chi connectivity index (χ0) is 39.6. The fraction of sp³-hybridized carbons (Fsp3) is 0. The van der Waals surface area contributed by atoms with Crippen molar-refractivity contribution in [2.75, 3.05) is 0 Å². The summed E-state index contributed by atoms with van der Waals surface area (Å²) in [5, 5.41) is 16.4. The van der Waals surface area contributed by atoms with E-state index in [0.717, 1.165) is 99.4 Å². The van der Waals surface area contributed by atoms with Crippen molar-refractivity contribution in [3.8, 4) is 61.8 Å². The van der Waals surface area contributed by atoms with Gasteiger partial charge in [-0.25, -0.2) is 9.97 Å². The molecular formula is C54H33N5O. The van der Waals surface area contributed by atoms with Gasteiger partial charge in [0.25, 0.3) is 0 Å². The Morgan fingerprint density at radius 1 is 0.367 bits per heavy atom. The van der Waals surface area contributed by atoms with Crippen LogP contribution in [0.4, 0.5) is 0 Å². The van der Waals surface area contributed by atoms with Crippen molar-refractivity contribution in [3.05, 3.63) is 200 Å². The van der Waals surface area contributed by atoms with Crippen molar-refractivity contribution in [2.24, 2.45) is 0 Å². The third kappa shape index (κ3) is 5.81. The quantitative estimate of drug-likeness (QED) is 0.158. The van der Waals surface area contributed by atoms with E-state index < -0.39 is 0 Å². The van der Waals surface area contributed by atoms with Gasteiger partial charge in [0.15, 0.2) is 5.82 Å². The molecule has 0 atom stereocenters. The molecule has 0 spiro atoms. The van der Waals surface area contributed by atoms with Gasteiger partial charge in [-0.3, -0.25) is 0 Å². The fourth-order valence-corrected chi connectivity index (χ4v) is 8.47. The first-order valence-corrected chi connectivity index (χ1v) is 20.0. The predicted octanol–water partition coefficient (Wildman–Crippen LogP) is 13.8. The van der Waals surface area contributed by atoms with Crippen LogP contribution in [0, 0.1) is 0 Å². The monoisotopic (exact) mass is 767 g/mol. The summed E-state index contributed by atoms with van der Waals surface area (Å²) in [4.78, 5) is 12.3. The summed E-state index contributed by atoms with van der Waals surface area (Å²) in [6, 6.07) is 69.4. The van der Waals surface area contributed by atoms with Gasteiger partial charge in [-0.15, -0.1) is 10.2 Å². The molecular weight excluding hydrogens is 735 g/mol. The Kier molecular flexibility index (Phi) is 7.74. The summed E-state index contributed by atoms with van der Waals surface area (Å²) in [5.41, 5.74) is 13.4. The normalized spacial score (nSPS) is 11.7. The van der Waals surface area contributed by atoms with E-state index in [4.69, 9.17) is 24.6 Å². The van der Waals surface area contributed by atoms with Crippen molar-refractivity contribution in [1.29, 1.82) is 0 Å². The Labute approximate surface area is 344 Å². The predicted molar refractivity (Wildman–Crippen MR) is 244 cm³/mol. The number of benzene rings is 9. The Morgan fingerprint density at radius 2 is 0.967 bits per heavy atom. The molecule has 0 aliphatic rings. The van der Waals surface area contributed by atoms with Gasteiger partial charge in [0.1, 0.15) is 22.2 Å². The third-order valence-electron chi connectivity index (χ3n) is 11.5. The molecule has 0 radical (unpaired) electrons. The molecule has 12 aromatic rings. The number of aromatic nitrogens is 5. The second kappa shape index (κ2) is 13.7. The number of furan rings is 1. The van der Waals surface area contributed by atoms with Crippen LogP contribution in [0.15, 0.2) is 205 Å². The van der Waals surface area contributed by atoms with Gasteiger partial charge in [0, 0.05) is 32.8 Å². The van der Waals surface area contributed by atoms with Crippen molar-refractivity contribution < 1.29 is 4.42 Å². The maximum atomic E-state index is 6.34. The van der Waals surface area contributed by atoms with Gasteiger partial charge in [-0.1, -0.05) is 140 Å². The average molecular weight is 768 g/mol. The molecule has 0 aliphatic heterocycles. The van der Waals surface area contributed by atoms with E-state index in [1.54, 1.807) is 4.80 Å².